The maximum atomic E-state index is 11.4. The van der Waals surface area contributed by atoms with Crippen molar-refractivity contribution in [3.05, 3.63) is 28.3 Å². The normalized spacial score (nSPS) is 10.7. The van der Waals surface area contributed by atoms with E-state index in [9.17, 15) is 28.1 Å². The van der Waals surface area contributed by atoms with Gasteiger partial charge < -0.3 is 10.5 Å². The molecule has 0 unspecified atom stereocenters. The van der Waals surface area contributed by atoms with E-state index in [0.717, 1.165) is 12.1 Å². The quantitative estimate of drug-likeness (QED) is 0.450. The molecule has 0 aliphatic heterocycles. The molecule has 5 N–H and O–H groups in total. The molecule has 11 nitrogen and oxygen atoms in total. The van der Waals surface area contributed by atoms with Gasteiger partial charge in [-0.05, 0) is 6.07 Å². The van der Waals surface area contributed by atoms with Crippen LogP contribution in [0.1, 0.15) is 0 Å². The summed E-state index contributed by atoms with van der Waals surface area (Å²) in [5.74, 6) is -1.30. The van der Waals surface area contributed by atoms with Crippen molar-refractivity contribution in [1.29, 1.82) is 0 Å². The Morgan fingerprint density at radius 3 is 2.48 bits per heavy atom. The van der Waals surface area contributed by atoms with Crippen molar-refractivity contribution >= 4 is 27.6 Å². The molecule has 0 radical (unpaired) electrons. The number of carbonyl (C=O) groups is 2. The molecule has 1 aromatic carbocycles. The van der Waals surface area contributed by atoms with E-state index >= 15 is 0 Å². The summed E-state index contributed by atoms with van der Waals surface area (Å²) < 4.78 is 27.6. The van der Waals surface area contributed by atoms with Crippen molar-refractivity contribution in [2.45, 2.75) is 4.90 Å². The van der Waals surface area contributed by atoms with E-state index in [-0.39, 0.29) is 5.75 Å². The second-order valence-electron chi connectivity index (χ2n) is 3.63. The average molecular weight is 318 g/mol. The van der Waals surface area contributed by atoms with E-state index in [0.29, 0.717) is 6.07 Å². The van der Waals surface area contributed by atoms with Gasteiger partial charge in [0.05, 0.1) is 4.92 Å². The third-order valence-electron chi connectivity index (χ3n) is 2.07. The monoisotopic (exact) mass is 318 g/mol. The van der Waals surface area contributed by atoms with Gasteiger partial charge >= 0.3 is 6.03 Å². The maximum Gasteiger partial charge on any atom is 0.318 e. The molecular formula is C9H10N4O7S. The highest BCUT2D eigenvalue weighted by atomic mass is 32.2. The molecular weight excluding hydrogens is 308 g/mol. The summed E-state index contributed by atoms with van der Waals surface area (Å²) in [4.78, 5) is 30.7. The van der Waals surface area contributed by atoms with Crippen LogP contribution in [0.25, 0.3) is 0 Å². The molecule has 0 saturated carbocycles. The molecule has 1 rings (SSSR count). The number of nitro groups is 1. The summed E-state index contributed by atoms with van der Waals surface area (Å²) in [5.41, 5.74) is 4.18. The molecule has 0 aliphatic carbocycles. The van der Waals surface area contributed by atoms with E-state index in [4.69, 9.17) is 15.6 Å². The lowest BCUT2D eigenvalue weighted by Gasteiger charge is -2.09. The molecule has 3 amide bonds. The molecule has 0 spiro atoms. The second kappa shape index (κ2) is 6.15. The first-order chi connectivity index (χ1) is 9.61. The summed E-state index contributed by atoms with van der Waals surface area (Å²) >= 11 is 0. The van der Waals surface area contributed by atoms with Gasteiger partial charge in [-0.3, -0.25) is 20.2 Å². The second-order valence-corrected chi connectivity index (χ2v) is 5.16. The SMILES string of the molecule is NC(=O)NC(=O)COc1ccc([N+](=O)[O-])cc1S(N)(=O)=O. The summed E-state index contributed by atoms with van der Waals surface area (Å²) in [6.07, 6.45) is 0. The van der Waals surface area contributed by atoms with Crippen LogP contribution in [-0.2, 0) is 14.8 Å². The number of carbonyl (C=O) groups excluding carboxylic acids is 2. The van der Waals surface area contributed by atoms with Crippen molar-refractivity contribution in [1.82, 2.24) is 5.32 Å². The lowest BCUT2D eigenvalue weighted by atomic mass is 10.3. The minimum atomic E-state index is -4.31. The summed E-state index contributed by atoms with van der Waals surface area (Å²) in [6.45, 7) is -0.733. The van der Waals surface area contributed by atoms with Crippen LogP contribution in [0, 0.1) is 10.1 Å². The number of primary sulfonamides is 1. The molecule has 0 atom stereocenters. The Bertz CT molecular complexity index is 700. The maximum absolute atomic E-state index is 11.4. The van der Waals surface area contributed by atoms with Gasteiger partial charge in [0.1, 0.15) is 10.6 Å². The topological polar surface area (TPSA) is 185 Å². The minimum Gasteiger partial charge on any atom is -0.482 e. The zero-order valence-corrected chi connectivity index (χ0v) is 11.1. The van der Waals surface area contributed by atoms with Gasteiger partial charge in [-0.2, -0.15) is 0 Å². The van der Waals surface area contributed by atoms with Gasteiger partial charge in [-0.25, -0.2) is 18.4 Å². The van der Waals surface area contributed by atoms with Gasteiger partial charge in [0, 0.05) is 12.1 Å². The lowest BCUT2D eigenvalue weighted by Crippen LogP contribution is -2.38. The third kappa shape index (κ3) is 4.70. The van der Waals surface area contributed by atoms with Gasteiger partial charge in [-0.1, -0.05) is 0 Å². The van der Waals surface area contributed by atoms with Crippen LogP contribution in [0.3, 0.4) is 0 Å². The standard InChI is InChI=1S/C9H10N4O7S/c10-9(15)12-8(14)4-20-6-2-1-5(13(16)17)3-7(6)21(11,18)19/h1-3H,4H2,(H2,11,18,19)(H3,10,12,14,15). The number of ether oxygens (including phenoxy) is 1. The smallest absolute Gasteiger partial charge is 0.318 e. The Morgan fingerprint density at radius 1 is 1.38 bits per heavy atom. The van der Waals surface area contributed by atoms with Crippen LogP contribution in [0.4, 0.5) is 10.5 Å². The molecule has 1 aromatic rings. The third-order valence-corrected chi connectivity index (χ3v) is 3.00. The number of primary amides is 1. The predicted molar refractivity (Wildman–Crippen MR) is 67.7 cm³/mol. The highest BCUT2D eigenvalue weighted by Gasteiger charge is 2.20. The Morgan fingerprint density at radius 2 is 2.00 bits per heavy atom. The number of nitrogens with two attached hydrogens (primary N) is 2. The number of hydrogen-bond donors (Lipinski definition) is 3. The van der Waals surface area contributed by atoms with Crippen LogP contribution in [0.2, 0.25) is 0 Å². The number of amides is 3. The number of rotatable bonds is 5. The number of sulfonamides is 1. The number of nitrogens with one attached hydrogen (secondary N) is 1. The highest BCUT2D eigenvalue weighted by Crippen LogP contribution is 2.27. The fraction of sp³-hybridized carbons (Fsp3) is 0.111. The number of imide groups is 1. The van der Waals surface area contributed by atoms with Crippen molar-refractivity contribution in [3.63, 3.8) is 0 Å². The predicted octanol–water partition coefficient (Wildman–Crippen LogP) is -1.18. The number of benzene rings is 1. The van der Waals surface area contributed by atoms with Crippen LogP contribution < -0.4 is 20.9 Å². The fourth-order valence-electron chi connectivity index (χ4n) is 1.27. The van der Waals surface area contributed by atoms with E-state index < -0.39 is 44.1 Å². The molecule has 21 heavy (non-hydrogen) atoms. The van der Waals surface area contributed by atoms with Crippen LogP contribution in [-0.4, -0.2) is 31.9 Å². The first-order valence-corrected chi connectivity index (χ1v) is 6.69. The zero-order valence-electron chi connectivity index (χ0n) is 10.3. The first kappa shape index (κ1) is 16.3. The van der Waals surface area contributed by atoms with Crippen molar-refractivity contribution in [2.24, 2.45) is 10.9 Å². The molecule has 12 heteroatoms. The van der Waals surface area contributed by atoms with Crippen molar-refractivity contribution < 1.29 is 27.7 Å². The molecule has 0 bridgehead atoms. The van der Waals surface area contributed by atoms with Crippen molar-refractivity contribution in [3.8, 4) is 5.75 Å². The number of nitro benzene ring substituents is 1. The van der Waals surface area contributed by atoms with E-state index in [1.807, 2.05) is 0 Å². The molecule has 0 saturated heterocycles. The van der Waals surface area contributed by atoms with E-state index in [1.54, 1.807) is 5.32 Å². The molecule has 114 valence electrons. The number of nitrogens with zero attached hydrogens (tertiary/aromatic N) is 1. The Balaban J connectivity index is 3.04. The van der Waals surface area contributed by atoms with Gasteiger partial charge in [0.15, 0.2) is 6.61 Å². The van der Waals surface area contributed by atoms with Gasteiger partial charge in [0.2, 0.25) is 10.0 Å². The molecule has 0 aromatic heterocycles. The summed E-state index contributed by atoms with van der Waals surface area (Å²) in [6, 6.07) is 1.52. The Hall–Kier alpha value is -2.73. The van der Waals surface area contributed by atoms with Crippen LogP contribution in [0.15, 0.2) is 23.1 Å². The van der Waals surface area contributed by atoms with Crippen LogP contribution in [0.5, 0.6) is 5.75 Å². The highest BCUT2D eigenvalue weighted by molar-refractivity contribution is 7.89. The minimum absolute atomic E-state index is 0.372. The lowest BCUT2D eigenvalue weighted by molar-refractivity contribution is -0.385. The Kier molecular flexibility index (Phi) is 4.78. The largest absolute Gasteiger partial charge is 0.482 e. The fourth-order valence-corrected chi connectivity index (χ4v) is 1.96. The summed E-state index contributed by atoms with van der Waals surface area (Å²) in [7, 11) is -4.31. The van der Waals surface area contributed by atoms with Crippen LogP contribution >= 0.6 is 0 Å². The Labute approximate surface area is 118 Å². The number of urea groups is 1. The van der Waals surface area contributed by atoms with E-state index in [1.165, 1.54) is 0 Å². The average Bonchev–Trinajstić information content (AvgIpc) is 2.34. The van der Waals surface area contributed by atoms with E-state index in [2.05, 4.69) is 0 Å². The van der Waals surface area contributed by atoms with Gasteiger partial charge in [0.25, 0.3) is 11.6 Å². The molecule has 0 heterocycles. The summed E-state index contributed by atoms with van der Waals surface area (Å²) in [5, 5.41) is 17.2. The first-order valence-electron chi connectivity index (χ1n) is 5.14. The number of hydrogen-bond acceptors (Lipinski definition) is 7. The molecule has 0 fully saturated rings. The zero-order chi connectivity index (χ0) is 16.2. The number of non-ortho nitro benzene ring substituents is 1. The molecule has 0 aliphatic rings. The van der Waals surface area contributed by atoms with Gasteiger partial charge in [-0.15, -0.1) is 0 Å². The van der Waals surface area contributed by atoms with Crippen molar-refractivity contribution in [2.75, 3.05) is 6.61 Å².